The lowest BCUT2D eigenvalue weighted by molar-refractivity contribution is 1.12. The fourth-order valence-electron chi connectivity index (χ4n) is 2.29. The lowest BCUT2D eigenvalue weighted by atomic mass is 10.1. The predicted octanol–water partition coefficient (Wildman–Crippen LogP) is 2.71. The van der Waals surface area contributed by atoms with Crippen LogP contribution in [-0.2, 0) is 6.54 Å². The van der Waals surface area contributed by atoms with E-state index in [2.05, 4.69) is 34.3 Å². The number of hydrogen-bond donors (Lipinski definition) is 3. The standard InChI is InChI=1S/C16H17N5/c1-10-4-2-3-5-11(10)9-19-12-6-7-14-13(8-12)15(17)21-16(18)20-14/h2-8,19H,9H2,1H3,(H4,17,18,20,21). The maximum absolute atomic E-state index is 5.90. The number of nitrogens with two attached hydrogens (primary N) is 2. The number of aromatic nitrogens is 2. The summed E-state index contributed by atoms with van der Waals surface area (Å²) in [5.74, 6) is 0.595. The van der Waals surface area contributed by atoms with Crippen LogP contribution in [0.25, 0.3) is 10.9 Å². The van der Waals surface area contributed by atoms with Gasteiger partial charge in [0.2, 0.25) is 5.95 Å². The quantitative estimate of drug-likeness (QED) is 0.686. The van der Waals surface area contributed by atoms with Gasteiger partial charge in [0.25, 0.3) is 0 Å². The summed E-state index contributed by atoms with van der Waals surface area (Å²) in [6, 6.07) is 14.1. The van der Waals surface area contributed by atoms with Gasteiger partial charge in [-0.25, -0.2) is 4.98 Å². The van der Waals surface area contributed by atoms with Crippen LogP contribution >= 0.6 is 0 Å². The zero-order chi connectivity index (χ0) is 14.8. The van der Waals surface area contributed by atoms with Crippen molar-refractivity contribution in [2.75, 3.05) is 16.8 Å². The fraction of sp³-hybridized carbons (Fsp3) is 0.125. The Kier molecular flexibility index (Phi) is 3.31. The maximum Gasteiger partial charge on any atom is 0.222 e. The van der Waals surface area contributed by atoms with Gasteiger partial charge in [-0.05, 0) is 36.2 Å². The Morgan fingerprint density at radius 1 is 1.05 bits per heavy atom. The molecule has 0 spiro atoms. The molecule has 2 aromatic carbocycles. The van der Waals surface area contributed by atoms with Crippen molar-refractivity contribution in [2.24, 2.45) is 0 Å². The third-order valence-corrected chi connectivity index (χ3v) is 3.49. The Hall–Kier alpha value is -2.82. The van der Waals surface area contributed by atoms with Crippen LogP contribution in [0.15, 0.2) is 42.5 Å². The molecule has 21 heavy (non-hydrogen) atoms. The smallest absolute Gasteiger partial charge is 0.222 e. The van der Waals surface area contributed by atoms with Gasteiger partial charge < -0.3 is 16.8 Å². The first-order valence-corrected chi connectivity index (χ1v) is 6.74. The summed E-state index contributed by atoms with van der Waals surface area (Å²) in [6.45, 7) is 2.86. The summed E-state index contributed by atoms with van der Waals surface area (Å²) in [6.07, 6.45) is 0. The summed E-state index contributed by atoms with van der Waals surface area (Å²) in [5.41, 5.74) is 15.8. The second kappa shape index (κ2) is 5.28. The molecule has 1 aromatic heterocycles. The van der Waals surface area contributed by atoms with E-state index in [1.165, 1.54) is 11.1 Å². The number of nitrogens with one attached hydrogen (secondary N) is 1. The number of benzene rings is 2. The van der Waals surface area contributed by atoms with Crippen molar-refractivity contribution in [1.82, 2.24) is 9.97 Å². The molecule has 5 nitrogen and oxygen atoms in total. The maximum atomic E-state index is 5.90. The molecular weight excluding hydrogens is 262 g/mol. The number of nitrogens with zero attached hydrogens (tertiary/aromatic N) is 2. The predicted molar refractivity (Wildman–Crippen MR) is 86.9 cm³/mol. The molecule has 0 saturated carbocycles. The van der Waals surface area contributed by atoms with E-state index < -0.39 is 0 Å². The van der Waals surface area contributed by atoms with Crippen LogP contribution in [0.5, 0.6) is 0 Å². The van der Waals surface area contributed by atoms with Gasteiger partial charge >= 0.3 is 0 Å². The first-order chi connectivity index (χ1) is 10.1. The molecule has 0 unspecified atom stereocenters. The number of fused-ring (bicyclic) bond motifs is 1. The Balaban J connectivity index is 1.87. The number of rotatable bonds is 3. The number of aryl methyl sites for hydroxylation is 1. The fourth-order valence-corrected chi connectivity index (χ4v) is 2.29. The SMILES string of the molecule is Cc1ccccc1CNc1ccc2nc(N)nc(N)c2c1. The van der Waals surface area contributed by atoms with E-state index >= 15 is 0 Å². The zero-order valence-corrected chi connectivity index (χ0v) is 11.8. The van der Waals surface area contributed by atoms with Crippen LogP contribution < -0.4 is 16.8 Å². The molecule has 0 radical (unpaired) electrons. The van der Waals surface area contributed by atoms with E-state index in [4.69, 9.17) is 11.5 Å². The topological polar surface area (TPSA) is 89.8 Å². The van der Waals surface area contributed by atoms with Gasteiger partial charge in [0, 0.05) is 17.6 Å². The van der Waals surface area contributed by atoms with Crippen LogP contribution in [0.1, 0.15) is 11.1 Å². The highest BCUT2D eigenvalue weighted by molar-refractivity contribution is 5.91. The van der Waals surface area contributed by atoms with Crippen molar-refractivity contribution >= 4 is 28.4 Å². The molecule has 0 amide bonds. The van der Waals surface area contributed by atoms with Crippen molar-refractivity contribution in [3.05, 3.63) is 53.6 Å². The monoisotopic (exact) mass is 279 g/mol. The molecule has 1 heterocycles. The highest BCUT2D eigenvalue weighted by atomic mass is 15.0. The van der Waals surface area contributed by atoms with Crippen molar-refractivity contribution in [3.63, 3.8) is 0 Å². The van der Waals surface area contributed by atoms with Gasteiger partial charge in [0.1, 0.15) is 5.82 Å². The zero-order valence-electron chi connectivity index (χ0n) is 11.8. The van der Waals surface area contributed by atoms with Crippen molar-refractivity contribution in [2.45, 2.75) is 13.5 Å². The molecule has 0 aliphatic rings. The second-order valence-corrected chi connectivity index (χ2v) is 4.98. The lowest BCUT2D eigenvalue weighted by Crippen LogP contribution is -2.03. The first-order valence-electron chi connectivity index (χ1n) is 6.74. The Morgan fingerprint density at radius 2 is 1.86 bits per heavy atom. The molecule has 3 rings (SSSR count). The minimum Gasteiger partial charge on any atom is -0.383 e. The Labute approximate surface area is 123 Å². The third-order valence-electron chi connectivity index (χ3n) is 3.49. The van der Waals surface area contributed by atoms with Crippen LogP contribution in [0.2, 0.25) is 0 Å². The molecule has 0 fully saturated rings. The van der Waals surface area contributed by atoms with Gasteiger partial charge in [-0.2, -0.15) is 4.98 Å². The summed E-state index contributed by atoms with van der Waals surface area (Å²) in [7, 11) is 0. The van der Waals surface area contributed by atoms with Gasteiger partial charge in [0.15, 0.2) is 0 Å². The first kappa shape index (κ1) is 13.2. The number of nitrogen functional groups attached to an aromatic ring is 2. The average molecular weight is 279 g/mol. The van der Waals surface area contributed by atoms with Gasteiger partial charge in [-0.1, -0.05) is 24.3 Å². The number of anilines is 3. The molecule has 0 atom stereocenters. The van der Waals surface area contributed by atoms with E-state index in [1.54, 1.807) is 0 Å². The Bertz CT molecular complexity index is 798. The largest absolute Gasteiger partial charge is 0.383 e. The van der Waals surface area contributed by atoms with Crippen molar-refractivity contribution in [1.29, 1.82) is 0 Å². The highest BCUT2D eigenvalue weighted by Crippen LogP contribution is 2.23. The normalized spacial score (nSPS) is 10.7. The van der Waals surface area contributed by atoms with Crippen molar-refractivity contribution < 1.29 is 0 Å². The van der Waals surface area contributed by atoms with Gasteiger partial charge in [0.05, 0.1) is 5.52 Å². The minimum absolute atomic E-state index is 0.195. The highest BCUT2D eigenvalue weighted by Gasteiger charge is 2.05. The van der Waals surface area contributed by atoms with E-state index in [-0.39, 0.29) is 5.95 Å². The van der Waals surface area contributed by atoms with Gasteiger partial charge in [-0.15, -0.1) is 0 Å². The summed E-state index contributed by atoms with van der Waals surface area (Å²) in [5, 5.41) is 4.20. The van der Waals surface area contributed by atoms with E-state index in [0.29, 0.717) is 5.82 Å². The molecule has 106 valence electrons. The summed E-state index contributed by atoms with van der Waals surface area (Å²) < 4.78 is 0. The molecule has 0 aliphatic carbocycles. The van der Waals surface area contributed by atoms with Crippen LogP contribution in [0.4, 0.5) is 17.5 Å². The van der Waals surface area contributed by atoms with E-state index in [9.17, 15) is 0 Å². The molecule has 5 N–H and O–H groups in total. The molecule has 5 heteroatoms. The molecular formula is C16H17N5. The minimum atomic E-state index is 0.195. The molecule has 3 aromatic rings. The van der Waals surface area contributed by atoms with E-state index in [0.717, 1.165) is 23.1 Å². The number of hydrogen-bond acceptors (Lipinski definition) is 5. The lowest BCUT2D eigenvalue weighted by Gasteiger charge is -2.10. The van der Waals surface area contributed by atoms with Crippen LogP contribution in [-0.4, -0.2) is 9.97 Å². The molecule has 0 aliphatic heterocycles. The van der Waals surface area contributed by atoms with Crippen LogP contribution in [0.3, 0.4) is 0 Å². The third kappa shape index (κ3) is 2.72. The molecule has 0 bridgehead atoms. The molecule has 0 saturated heterocycles. The summed E-state index contributed by atoms with van der Waals surface area (Å²) >= 11 is 0. The van der Waals surface area contributed by atoms with Crippen molar-refractivity contribution in [3.8, 4) is 0 Å². The summed E-state index contributed by atoms with van der Waals surface area (Å²) in [4.78, 5) is 8.16. The average Bonchev–Trinajstić information content (AvgIpc) is 2.46. The second-order valence-electron chi connectivity index (χ2n) is 4.98. The Morgan fingerprint density at radius 3 is 2.67 bits per heavy atom. The van der Waals surface area contributed by atoms with Crippen LogP contribution in [0, 0.1) is 6.92 Å². The van der Waals surface area contributed by atoms with Gasteiger partial charge in [-0.3, -0.25) is 0 Å². The van der Waals surface area contributed by atoms with E-state index in [1.807, 2.05) is 30.3 Å².